The molecule has 0 aromatic carbocycles. The normalized spacial score (nSPS) is 21.2. The number of hydrogen-bond donors (Lipinski definition) is 1. The van der Waals surface area contributed by atoms with Gasteiger partial charge in [-0.2, -0.15) is 5.10 Å². The molecule has 134 valence electrons. The predicted octanol–water partition coefficient (Wildman–Crippen LogP) is 2.98. The van der Waals surface area contributed by atoms with Gasteiger partial charge in [-0.1, -0.05) is 0 Å². The van der Waals surface area contributed by atoms with Crippen LogP contribution in [0.4, 0.5) is 0 Å². The third kappa shape index (κ3) is 3.36. The lowest BCUT2D eigenvalue weighted by molar-refractivity contribution is 0.0172. The number of carboxylic acid groups (broad SMARTS) is 1. The highest BCUT2D eigenvalue weighted by Crippen LogP contribution is 2.33. The Labute approximate surface area is 151 Å². The molecule has 1 N–H and O–H groups in total. The van der Waals surface area contributed by atoms with Gasteiger partial charge in [0.2, 0.25) is 0 Å². The standard InChI is InChI=1S/C18H23N3O3S/c1-20-14-7-8-21(11-13(14)17(19-20)18(22)23)10-12-5-6-16(25-12)15-4-2-3-9-24-15/h5-6,15H,2-4,7-11H2,1H3,(H,22,23)/t15-/m0/s1. The maximum atomic E-state index is 11.4. The van der Waals surface area contributed by atoms with Crippen molar-refractivity contribution in [2.45, 2.75) is 44.9 Å². The molecule has 6 nitrogen and oxygen atoms in total. The van der Waals surface area contributed by atoms with Crippen LogP contribution in [0, 0.1) is 0 Å². The summed E-state index contributed by atoms with van der Waals surface area (Å²) in [4.78, 5) is 16.4. The minimum atomic E-state index is -0.938. The van der Waals surface area contributed by atoms with E-state index in [-0.39, 0.29) is 11.8 Å². The molecule has 7 heteroatoms. The Morgan fingerprint density at radius 3 is 3.08 bits per heavy atom. The number of carbonyl (C=O) groups is 1. The first kappa shape index (κ1) is 16.8. The summed E-state index contributed by atoms with van der Waals surface area (Å²) in [6, 6.07) is 4.38. The van der Waals surface area contributed by atoms with Gasteiger partial charge in [-0.3, -0.25) is 9.58 Å². The number of thiophene rings is 1. The van der Waals surface area contributed by atoms with E-state index in [9.17, 15) is 9.90 Å². The fraction of sp³-hybridized carbons (Fsp3) is 0.556. The van der Waals surface area contributed by atoms with Gasteiger partial charge >= 0.3 is 5.97 Å². The summed E-state index contributed by atoms with van der Waals surface area (Å²) in [6.45, 7) is 3.30. The third-order valence-electron chi connectivity index (χ3n) is 5.08. The van der Waals surface area contributed by atoms with Gasteiger partial charge < -0.3 is 9.84 Å². The molecule has 1 atom stereocenters. The quantitative estimate of drug-likeness (QED) is 0.907. The Hall–Kier alpha value is -1.70. The largest absolute Gasteiger partial charge is 0.476 e. The van der Waals surface area contributed by atoms with Crippen molar-refractivity contribution in [3.63, 3.8) is 0 Å². The van der Waals surface area contributed by atoms with Gasteiger partial charge in [-0.15, -0.1) is 11.3 Å². The summed E-state index contributed by atoms with van der Waals surface area (Å²) >= 11 is 1.83. The molecule has 0 radical (unpaired) electrons. The smallest absolute Gasteiger partial charge is 0.356 e. The molecule has 0 unspecified atom stereocenters. The van der Waals surface area contributed by atoms with E-state index < -0.39 is 5.97 Å². The number of fused-ring (bicyclic) bond motifs is 1. The average Bonchev–Trinajstić information content (AvgIpc) is 3.21. The van der Waals surface area contributed by atoms with Crippen LogP contribution in [0.1, 0.15) is 56.9 Å². The summed E-state index contributed by atoms with van der Waals surface area (Å²) in [5.41, 5.74) is 2.12. The van der Waals surface area contributed by atoms with Crippen LogP contribution in [0.2, 0.25) is 0 Å². The maximum absolute atomic E-state index is 11.4. The third-order valence-corrected chi connectivity index (χ3v) is 6.24. The number of aromatic carboxylic acids is 1. The number of nitrogens with zero attached hydrogens (tertiary/aromatic N) is 3. The number of ether oxygens (including phenoxy) is 1. The Morgan fingerprint density at radius 1 is 1.44 bits per heavy atom. The van der Waals surface area contributed by atoms with E-state index in [1.807, 2.05) is 18.4 Å². The lowest BCUT2D eigenvalue weighted by atomic mass is 10.0. The molecule has 25 heavy (non-hydrogen) atoms. The van der Waals surface area contributed by atoms with E-state index in [2.05, 4.69) is 22.1 Å². The first-order chi connectivity index (χ1) is 12.1. The van der Waals surface area contributed by atoms with Gasteiger partial charge in [0.25, 0.3) is 0 Å². The summed E-state index contributed by atoms with van der Waals surface area (Å²) in [7, 11) is 1.83. The van der Waals surface area contributed by atoms with E-state index in [4.69, 9.17) is 4.74 Å². The molecule has 4 rings (SSSR count). The minimum absolute atomic E-state index is 0.199. The summed E-state index contributed by atoms with van der Waals surface area (Å²) in [5, 5.41) is 13.5. The van der Waals surface area contributed by atoms with Crippen LogP contribution < -0.4 is 0 Å². The van der Waals surface area contributed by atoms with Gasteiger partial charge in [0.05, 0.1) is 6.10 Å². The Bertz CT molecular complexity index is 777. The Morgan fingerprint density at radius 2 is 2.32 bits per heavy atom. The highest BCUT2D eigenvalue weighted by atomic mass is 32.1. The molecule has 0 aliphatic carbocycles. The topological polar surface area (TPSA) is 67.6 Å². The molecule has 2 aliphatic rings. The van der Waals surface area contributed by atoms with E-state index in [1.54, 1.807) is 4.68 Å². The van der Waals surface area contributed by atoms with Crippen LogP contribution in [0.5, 0.6) is 0 Å². The van der Waals surface area contributed by atoms with Crippen LogP contribution in [0.3, 0.4) is 0 Å². The fourth-order valence-corrected chi connectivity index (χ4v) is 4.93. The van der Waals surface area contributed by atoms with Gasteiger partial charge in [0.15, 0.2) is 5.69 Å². The molecule has 2 aromatic rings. The van der Waals surface area contributed by atoms with Gasteiger partial charge in [-0.05, 0) is 31.4 Å². The van der Waals surface area contributed by atoms with Crippen LogP contribution >= 0.6 is 11.3 Å². The maximum Gasteiger partial charge on any atom is 0.356 e. The second-order valence-corrected chi connectivity index (χ2v) is 8.02. The van der Waals surface area contributed by atoms with Crippen molar-refractivity contribution in [2.75, 3.05) is 13.2 Å². The molecule has 1 saturated heterocycles. The summed E-state index contributed by atoms with van der Waals surface area (Å²) < 4.78 is 7.60. The molecule has 4 heterocycles. The second-order valence-electron chi connectivity index (χ2n) is 6.82. The molecule has 0 amide bonds. The molecule has 0 bridgehead atoms. The predicted molar refractivity (Wildman–Crippen MR) is 94.8 cm³/mol. The lowest BCUT2D eigenvalue weighted by Gasteiger charge is -2.26. The van der Waals surface area contributed by atoms with Gasteiger partial charge in [0.1, 0.15) is 0 Å². The number of carboxylic acids is 1. The lowest BCUT2D eigenvalue weighted by Crippen LogP contribution is -2.30. The van der Waals surface area contributed by atoms with Crippen LogP contribution in [0.25, 0.3) is 0 Å². The van der Waals surface area contributed by atoms with Crippen molar-refractivity contribution < 1.29 is 14.6 Å². The molecule has 2 aliphatic heterocycles. The SMILES string of the molecule is Cn1nc(C(=O)O)c2c1CCN(Cc1ccc([C@@H]3CCCCO3)s1)C2. The monoisotopic (exact) mass is 361 g/mol. The molecule has 1 fully saturated rings. The molecular weight excluding hydrogens is 338 g/mol. The zero-order chi connectivity index (χ0) is 17.4. The highest BCUT2D eigenvalue weighted by molar-refractivity contribution is 7.12. The Balaban J connectivity index is 1.46. The van der Waals surface area contributed by atoms with Crippen molar-refractivity contribution in [1.82, 2.24) is 14.7 Å². The average molecular weight is 361 g/mol. The summed E-state index contributed by atoms with van der Waals surface area (Å²) in [6.07, 6.45) is 4.63. The van der Waals surface area contributed by atoms with E-state index in [0.29, 0.717) is 6.54 Å². The van der Waals surface area contributed by atoms with Crippen molar-refractivity contribution in [1.29, 1.82) is 0 Å². The minimum Gasteiger partial charge on any atom is -0.476 e. The molecule has 2 aromatic heterocycles. The van der Waals surface area contributed by atoms with Gasteiger partial charge in [-0.25, -0.2) is 4.79 Å². The number of aryl methyl sites for hydroxylation is 1. The number of aromatic nitrogens is 2. The van der Waals surface area contributed by atoms with Crippen LogP contribution in [-0.2, 0) is 31.3 Å². The van der Waals surface area contributed by atoms with Gasteiger partial charge in [0, 0.05) is 60.7 Å². The van der Waals surface area contributed by atoms with E-state index >= 15 is 0 Å². The first-order valence-corrected chi connectivity index (χ1v) is 9.64. The van der Waals surface area contributed by atoms with Crippen LogP contribution in [0.15, 0.2) is 12.1 Å². The van der Waals surface area contributed by atoms with E-state index in [0.717, 1.165) is 43.8 Å². The highest BCUT2D eigenvalue weighted by Gasteiger charge is 2.27. The molecule has 0 saturated carbocycles. The zero-order valence-electron chi connectivity index (χ0n) is 14.4. The number of hydrogen-bond acceptors (Lipinski definition) is 5. The summed E-state index contributed by atoms with van der Waals surface area (Å²) in [5.74, 6) is -0.938. The van der Waals surface area contributed by atoms with E-state index in [1.165, 1.54) is 22.6 Å². The zero-order valence-corrected chi connectivity index (χ0v) is 15.2. The van der Waals surface area contributed by atoms with Crippen molar-refractivity contribution >= 4 is 17.3 Å². The second kappa shape index (κ2) is 6.90. The van der Waals surface area contributed by atoms with Crippen molar-refractivity contribution in [3.05, 3.63) is 38.8 Å². The molecule has 0 spiro atoms. The fourth-order valence-electron chi connectivity index (χ4n) is 3.79. The number of rotatable bonds is 4. The van der Waals surface area contributed by atoms with Crippen molar-refractivity contribution in [3.8, 4) is 0 Å². The molecular formula is C18H23N3O3S. The first-order valence-electron chi connectivity index (χ1n) is 8.82. The Kier molecular flexibility index (Phi) is 4.62. The van der Waals surface area contributed by atoms with Crippen molar-refractivity contribution in [2.24, 2.45) is 7.05 Å². The van der Waals surface area contributed by atoms with Crippen LogP contribution in [-0.4, -0.2) is 38.9 Å².